The predicted octanol–water partition coefficient (Wildman–Crippen LogP) is 2.79. The zero-order valence-corrected chi connectivity index (χ0v) is 13.0. The summed E-state index contributed by atoms with van der Waals surface area (Å²) in [7, 11) is 6.52. The van der Waals surface area contributed by atoms with E-state index in [0.29, 0.717) is 6.04 Å². The van der Waals surface area contributed by atoms with Crippen molar-refractivity contribution in [2.45, 2.75) is 50.4 Å². The van der Waals surface area contributed by atoms with E-state index >= 15 is 0 Å². The van der Waals surface area contributed by atoms with E-state index in [1.165, 1.54) is 36.9 Å². The highest BCUT2D eigenvalue weighted by Gasteiger charge is 2.38. The lowest BCUT2D eigenvalue weighted by Crippen LogP contribution is -2.44. The highest BCUT2D eigenvalue weighted by molar-refractivity contribution is 5.45. The number of piperidine rings is 1. The molecule has 20 heavy (non-hydrogen) atoms. The molecule has 3 rings (SSSR count). The van der Waals surface area contributed by atoms with Crippen LogP contribution in [0, 0.1) is 0 Å². The summed E-state index contributed by atoms with van der Waals surface area (Å²) in [5, 5.41) is 3.74. The first-order chi connectivity index (χ1) is 9.61. The summed E-state index contributed by atoms with van der Waals surface area (Å²) in [6, 6.07) is 11.2. The average Bonchev–Trinajstić information content (AvgIpc) is 2.63. The Morgan fingerprint density at radius 1 is 1.10 bits per heavy atom. The molecule has 0 aromatic heterocycles. The molecule has 3 nitrogen and oxygen atoms in total. The number of nitrogens with zero attached hydrogens (tertiary/aromatic N) is 2. The predicted molar refractivity (Wildman–Crippen MR) is 85.1 cm³/mol. The van der Waals surface area contributed by atoms with Gasteiger partial charge in [-0.05, 0) is 64.5 Å². The molecule has 0 saturated carbocycles. The molecule has 3 heteroatoms. The van der Waals surface area contributed by atoms with Gasteiger partial charge in [0.1, 0.15) is 0 Å². The fourth-order valence-corrected chi connectivity index (χ4v) is 3.84. The van der Waals surface area contributed by atoms with Gasteiger partial charge in [-0.25, -0.2) is 0 Å². The number of fused-ring (bicyclic) bond motifs is 2. The topological polar surface area (TPSA) is 18.5 Å². The molecular weight excluding hydrogens is 246 g/mol. The first-order valence-corrected chi connectivity index (χ1v) is 7.84. The van der Waals surface area contributed by atoms with Gasteiger partial charge >= 0.3 is 0 Å². The molecule has 110 valence electrons. The number of anilines is 1. The van der Waals surface area contributed by atoms with E-state index in [9.17, 15) is 0 Å². The zero-order valence-electron chi connectivity index (χ0n) is 13.0. The van der Waals surface area contributed by atoms with Gasteiger partial charge in [0.25, 0.3) is 0 Å². The third kappa shape index (κ3) is 2.99. The van der Waals surface area contributed by atoms with Gasteiger partial charge in [-0.3, -0.25) is 0 Å². The molecule has 2 aliphatic rings. The quantitative estimate of drug-likeness (QED) is 0.910. The molecule has 1 N–H and O–H groups in total. The van der Waals surface area contributed by atoms with Gasteiger partial charge in [0, 0.05) is 30.4 Å². The summed E-state index contributed by atoms with van der Waals surface area (Å²) in [5.41, 5.74) is 2.66. The van der Waals surface area contributed by atoms with Crippen molar-refractivity contribution in [3.05, 3.63) is 29.8 Å². The molecule has 2 heterocycles. The lowest BCUT2D eigenvalue weighted by atomic mass is 9.97. The molecule has 0 radical (unpaired) electrons. The number of hydrogen-bond donors (Lipinski definition) is 1. The second-order valence-corrected chi connectivity index (χ2v) is 6.80. The van der Waals surface area contributed by atoms with E-state index in [-0.39, 0.29) is 0 Å². The second kappa shape index (κ2) is 5.74. The van der Waals surface area contributed by atoms with Crippen LogP contribution < -0.4 is 5.32 Å². The van der Waals surface area contributed by atoms with Crippen LogP contribution in [0.2, 0.25) is 0 Å². The summed E-state index contributed by atoms with van der Waals surface area (Å²) in [5.74, 6) is 0. The molecule has 2 unspecified atom stereocenters. The fourth-order valence-electron chi connectivity index (χ4n) is 3.84. The molecule has 1 aromatic carbocycles. The van der Waals surface area contributed by atoms with E-state index in [1.54, 1.807) is 0 Å². The smallest absolute Gasteiger partial charge is 0.0342 e. The molecule has 2 saturated heterocycles. The molecule has 2 atom stereocenters. The molecular formula is C17H27N3. The van der Waals surface area contributed by atoms with E-state index in [0.717, 1.165) is 18.6 Å². The van der Waals surface area contributed by atoms with Crippen molar-refractivity contribution in [1.82, 2.24) is 9.80 Å². The molecule has 2 bridgehead atoms. The van der Waals surface area contributed by atoms with Crippen LogP contribution in [-0.4, -0.2) is 49.1 Å². The Balaban J connectivity index is 1.58. The Hall–Kier alpha value is -1.06. The Morgan fingerprint density at radius 3 is 2.25 bits per heavy atom. The Bertz CT molecular complexity index is 426. The highest BCUT2D eigenvalue weighted by atomic mass is 15.2. The number of nitrogens with one attached hydrogen (secondary N) is 1. The van der Waals surface area contributed by atoms with Gasteiger partial charge in [-0.1, -0.05) is 12.1 Å². The van der Waals surface area contributed by atoms with Crippen LogP contribution in [-0.2, 0) is 6.54 Å². The van der Waals surface area contributed by atoms with Crippen LogP contribution in [0.3, 0.4) is 0 Å². The van der Waals surface area contributed by atoms with E-state index in [2.05, 4.69) is 60.5 Å². The Kier molecular flexibility index (Phi) is 3.99. The lowest BCUT2D eigenvalue weighted by Gasteiger charge is -2.37. The maximum Gasteiger partial charge on any atom is 0.0342 e. The van der Waals surface area contributed by atoms with Crippen LogP contribution in [0.5, 0.6) is 0 Å². The summed E-state index contributed by atoms with van der Waals surface area (Å²) < 4.78 is 0. The lowest BCUT2D eigenvalue weighted by molar-refractivity contribution is 0.169. The number of rotatable bonds is 4. The van der Waals surface area contributed by atoms with Gasteiger partial charge < -0.3 is 15.1 Å². The highest BCUT2D eigenvalue weighted by Crippen LogP contribution is 2.35. The van der Waals surface area contributed by atoms with Gasteiger partial charge in [0.05, 0.1) is 0 Å². The van der Waals surface area contributed by atoms with Crippen LogP contribution in [0.15, 0.2) is 24.3 Å². The first-order valence-electron chi connectivity index (χ1n) is 7.84. The molecule has 2 aliphatic heterocycles. The maximum atomic E-state index is 3.74. The molecule has 1 aromatic rings. The van der Waals surface area contributed by atoms with Crippen LogP contribution in [0.1, 0.15) is 31.2 Å². The fraction of sp³-hybridized carbons (Fsp3) is 0.647. The molecule has 2 fully saturated rings. The van der Waals surface area contributed by atoms with Crippen LogP contribution in [0.25, 0.3) is 0 Å². The second-order valence-electron chi connectivity index (χ2n) is 6.80. The summed E-state index contributed by atoms with van der Waals surface area (Å²) in [6.07, 6.45) is 5.38. The van der Waals surface area contributed by atoms with Crippen molar-refractivity contribution in [2.75, 3.05) is 26.5 Å². The van der Waals surface area contributed by atoms with Crippen molar-refractivity contribution in [1.29, 1.82) is 0 Å². The van der Waals surface area contributed by atoms with Gasteiger partial charge in [-0.15, -0.1) is 0 Å². The maximum absolute atomic E-state index is 3.74. The normalized spacial score (nSPS) is 29.9. The summed E-state index contributed by atoms with van der Waals surface area (Å²) >= 11 is 0. The minimum atomic E-state index is 0.656. The monoisotopic (exact) mass is 273 g/mol. The van der Waals surface area contributed by atoms with E-state index in [4.69, 9.17) is 0 Å². The third-order valence-electron chi connectivity index (χ3n) is 4.92. The van der Waals surface area contributed by atoms with Crippen molar-refractivity contribution in [2.24, 2.45) is 0 Å². The van der Waals surface area contributed by atoms with Crippen molar-refractivity contribution >= 4 is 5.69 Å². The van der Waals surface area contributed by atoms with E-state index in [1.807, 2.05) is 0 Å². The van der Waals surface area contributed by atoms with E-state index < -0.39 is 0 Å². The zero-order chi connectivity index (χ0) is 14.1. The standard InChI is InChI=1S/C17H27N3/c1-19(2)12-13-4-6-14(7-5-13)18-15-10-16-8-9-17(11-15)20(16)3/h4-7,15-18H,8-12H2,1-3H3. The molecule has 0 spiro atoms. The molecule has 0 amide bonds. The van der Waals surface area contributed by atoms with Crippen molar-refractivity contribution < 1.29 is 0 Å². The van der Waals surface area contributed by atoms with Gasteiger partial charge in [0.15, 0.2) is 0 Å². The minimum Gasteiger partial charge on any atom is -0.382 e. The molecule has 0 aliphatic carbocycles. The van der Waals surface area contributed by atoms with Gasteiger partial charge in [-0.2, -0.15) is 0 Å². The van der Waals surface area contributed by atoms with Crippen LogP contribution >= 0.6 is 0 Å². The Morgan fingerprint density at radius 2 is 1.70 bits per heavy atom. The Labute approximate surface area is 123 Å². The summed E-state index contributed by atoms with van der Waals surface area (Å²) in [6.45, 7) is 1.01. The SMILES string of the molecule is CN(C)Cc1ccc(NC2CC3CCC(C2)N3C)cc1. The van der Waals surface area contributed by atoms with Crippen LogP contribution in [0.4, 0.5) is 5.69 Å². The largest absolute Gasteiger partial charge is 0.382 e. The number of benzene rings is 1. The minimum absolute atomic E-state index is 0.656. The summed E-state index contributed by atoms with van der Waals surface area (Å²) in [4.78, 5) is 4.80. The van der Waals surface area contributed by atoms with Crippen molar-refractivity contribution in [3.63, 3.8) is 0 Å². The van der Waals surface area contributed by atoms with Crippen molar-refractivity contribution in [3.8, 4) is 0 Å². The average molecular weight is 273 g/mol. The first kappa shape index (κ1) is 13.9. The third-order valence-corrected chi connectivity index (χ3v) is 4.92. The number of hydrogen-bond acceptors (Lipinski definition) is 3. The van der Waals surface area contributed by atoms with Gasteiger partial charge in [0.2, 0.25) is 0 Å².